The van der Waals surface area contributed by atoms with E-state index in [0.717, 1.165) is 16.8 Å². The molecule has 130 valence electrons. The molecule has 25 heavy (non-hydrogen) atoms. The highest BCUT2D eigenvalue weighted by atomic mass is 16.6. The number of amides is 1. The average Bonchev–Trinajstić information content (AvgIpc) is 3.08. The Morgan fingerprint density at radius 3 is 2.76 bits per heavy atom. The van der Waals surface area contributed by atoms with E-state index in [4.69, 9.17) is 4.84 Å². The van der Waals surface area contributed by atoms with Crippen LogP contribution in [0.25, 0.3) is 11.3 Å². The molecule has 7 nitrogen and oxygen atoms in total. The molecule has 1 unspecified atom stereocenters. The molecule has 0 spiro atoms. The molecular weight excluding hydrogens is 320 g/mol. The quantitative estimate of drug-likeness (QED) is 0.893. The van der Waals surface area contributed by atoms with Crippen LogP contribution in [0.4, 0.5) is 5.69 Å². The second-order valence-corrected chi connectivity index (χ2v) is 6.36. The van der Waals surface area contributed by atoms with Crippen LogP contribution in [0.3, 0.4) is 0 Å². The number of carbonyl (C=O) groups is 1. The summed E-state index contributed by atoms with van der Waals surface area (Å²) in [5.41, 5.74) is 3.65. The maximum atomic E-state index is 12.5. The van der Waals surface area contributed by atoms with Crippen molar-refractivity contribution < 1.29 is 9.63 Å². The Morgan fingerprint density at radius 2 is 2.12 bits per heavy atom. The third-order valence-electron chi connectivity index (χ3n) is 4.12. The first-order chi connectivity index (χ1) is 11.9. The maximum Gasteiger partial charge on any atom is 0.268 e. The lowest BCUT2D eigenvalue weighted by molar-refractivity contribution is -0.125. The van der Waals surface area contributed by atoms with Gasteiger partial charge in [-0.05, 0) is 30.5 Å². The Hall–Kier alpha value is -2.96. The van der Waals surface area contributed by atoms with Gasteiger partial charge in [-0.15, -0.1) is 0 Å². The predicted octanol–water partition coefficient (Wildman–Crippen LogP) is 2.48. The number of nitrogens with one attached hydrogen (secondary N) is 2. The molecule has 0 bridgehead atoms. The van der Waals surface area contributed by atoms with Gasteiger partial charge in [0.1, 0.15) is 0 Å². The van der Waals surface area contributed by atoms with Crippen LogP contribution in [-0.4, -0.2) is 27.9 Å². The van der Waals surface area contributed by atoms with Crippen LogP contribution in [0.15, 0.2) is 40.3 Å². The number of nitrogens with zero attached hydrogens (tertiary/aromatic N) is 2. The third-order valence-corrected chi connectivity index (χ3v) is 4.12. The summed E-state index contributed by atoms with van der Waals surface area (Å²) in [6, 6.07) is 8.66. The fourth-order valence-corrected chi connectivity index (χ4v) is 2.51. The Balaban J connectivity index is 1.76. The number of hydrogen-bond donors (Lipinski definition) is 2. The van der Waals surface area contributed by atoms with E-state index in [0.29, 0.717) is 17.8 Å². The topological polar surface area (TPSA) is 96.4 Å². The van der Waals surface area contributed by atoms with Crippen LogP contribution in [0.5, 0.6) is 0 Å². The van der Waals surface area contributed by atoms with Gasteiger partial charge in [0.2, 0.25) is 6.10 Å². The number of rotatable bonds is 4. The summed E-state index contributed by atoms with van der Waals surface area (Å²) in [5, 5.41) is 13.3. The van der Waals surface area contributed by atoms with E-state index in [9.17, 15) is 9.59 Å². The zero-order valence-electron chi connectivity index (χ0n) is 14.4. The Morgan fingerprint density at radius 1 is 1.32 bits per heavy atom. The summed E-state index contributed by atoms with van der Waals surface area (Å²) in [7, 11) is 0. The van der Waals surface area contributed by atoms with Crippen molar-refractivity contribution >= 4 is 17.3 Å². The van der Waals surface area contributed by atoms with Crippen LogP contribution in [0.2, 0.25) is 0 Å². The van der Waals surface area contributed by atoms with Crippen molar-refractivity contribution in [3.63, 3.8) is 0 Å². The molecule has 1 atom stereocenters. The monoisotopic (exact) mass is 340 g/mol. The van der Waals surface area contributed by atoms with E-state index in [2.05, 4.69) is 20.7 Å². The van der Waals surface area contributed by atoms with Crippen molar-refractivity contribution in [2.24, 2.45) is 11.1 Å². The first kappa shape index (κ1) is 16.9. The van der Waals surface area contributed by atoms with Crippen molar-refractivity contribution in [3.8, 4) is 11.3 Å². The lowest BCUT2D eigenvalue weighted by atomic mass is 10.0. The molecule has 0 saturated carbocycles. The Labute approximate surface area is 145 Å². The molecule has 0 fully saturated rings. The van der Waals surface area contributed by atoms with Gasteiger partial charge in [0.15, 0.2) is 0 Å². The van der Waals surface area contributed by atoms with Gasteiger partial charge in [-0.1, -0.05) is 31.1 Å². The zero-order chi connectivity index (χ0) is 18.0. The summed E-state index contributed by atoms with van der Waals surface area (Å²) in [4.78, 5) is 28.8. The van der Waals surface area contributed by atoms with E-state index < -0.39 is 6.10 Å². The van der Waals surface area contributed by atoms with Gasteiger partial charge in [-0.25, -0.2) is 5.10 Å². The fourth-order valence-electron chi connectivity index (χ4n) is 2.51. The highest BCUT2D eigenvalue weighted by Gasteiger charge is 2.29. The van der Waals surface area contributed by atoms with E-state index in [1.165, 1.54) is 6.07 Å². The summed E-state index contributed by atoms with van der Waals surface area (Å²) in [6.07, 6.45) is -0.101. The second kappa shape index (κ2) is 6.88. The minimum atomic E-state index is -0.605. The number of H-pyrrole nitrogens is 1. The minimum absolute atomic E-state index is 0.228. The number of oxime groups is 1. The van der Waals surface area contributed by atoms with E-state index in [-0.39, 0.29) is 17.4 Å². The summed E-state index contributed by atoms with van der Waals surface area (Å²) >= 11 is 0. The van der Waals surface area contributed by atoms with Crippen molar-refractivity contribution in [3.05, 3.63) is 46.2 Å². The smallest absolute Gasteiger partial charge is 0.268 e. The summed E-state index contributed by atoms with van der Waals surface area (Å²) in [6.45, 7) is 5.95. The molecule has 1 amide bonds. The molecule has 0 radical (unpaired) electrons. The number of anilines is 1. The molecular formula is C18H20N4O3. The zero-order valence-corrected chi connectivity index (χ0v) is 14.4. The van der Waals surface area contributed by atoms with E-state index in [1.54, 1.807) is 6.07 Å². The first-order valence-electron chi connectivity index (χ1n) is 8.14. The van der Waals surface area contributed by atoms with Gasteiger partial charge in [-0.2, -0.15) is 5.10 Å². The normalized spacial score (nSPS) is 16.5. The maximum absolute atomic E-state index is 12.5. The highest BCUT2D eigenvalue weighted by molar-refractivity contribution is 6.00. The van der Waals surface area contributed by atoms with Gasteiger partial charge in [0, 0.05) is 23.7 Å². The van der Waals surface area contributed by atoms with Crippen molar-refractivity contribution in [2.45, 2.75) is 33.3 Å². The first-order valence-corrected chi connectivity index (χ1v) is 8.14. The van der Waals surface area contributed by atoms with Crippen LogP contribution < -0.4 is 10.9 Å². The summed E-state index contributed by atoms with van der Waals surface area (Å²) in [5.74, 6) is 0.0308. The molecule has 1 aromatic heterocycles. The number of carbonyl (C=O) groups excluding carboxylic acids is 1. The second-order valence-electron chi connectivity index (χ2n) is 6.36. The fraction of sp³-hybridized carbons (Fsp3) is 0.333. The number of hydrogen-bond acceptors (Lipinski definition) is 5. The van der Waals surface area contributed by atoms with Crippen LogP contribution in [-0.2, 0) is 9.63 Å². The standard InChI is InChI=1S/C18H20N4O3/c1-10(2)14-9-16(25-22-14)18(24)19-15-8-12(5-4-11(15)3)13-6-7-17(23)21-20-13/h4-8,10,16H,9H2,1-3H3,(H,19,24)(H,21,23). The lowest BCUT2D eigenvalue weighted by Gasteiger charge is -2.13. The number of aryl methyl sites for hydroxylation is 1. The molecule has 0 aliphatic carbocycles. The highest BCUT2D eigenvalue weighted by Crippen LogP contribution is 2.25. The molecule has 2 aromatic rings. The average molecular weight is 340 g/mol. The van der Waals surface area contributed by atoms with Crippen LogP contribution >= 0.6 is 0 Å². The number of benzene rings is 1. The van der Waals surface area contributed by atoms with Crippen molar-refractivity contribution in [2.75, 3.05) is 5.32 Å². The van der Waals surface area contributed by atoms with Crippen molar-refractivity contribution in [1.29, 1.82) is 0 Å². The summed E-state index contributed by atoms with van der Waals surface area (Å²) < 4.78 is 0. The molecule has 1 aliphatic heterocycles. The molecule has 2 N–H and O–H groups in total. The molecule has 0 saturated heterocycles. The van der Waals surface area contributed by atoms with Gasteiger partial charge >= 0.3 is 0 Å². The number of aromatic amines is 1. The SMILES string of the molecule is Cc1ccc(-c2ccc(=O)[nH]n2)cc1NC(=O)C1CC(C(C)C)=NO1. The third kappa shape index (κ3) is 3.76. The molecule has 1 aliphatic rings. The molecule has 3 rings (SSSR count). The minimum Gasteiger partial charge on any atom is -0.382 e. The van der Waals surface area contributed by atoms with E-state index in [1.807, 2.05) is 39.0 Å². The molecule has 7 heteroatoms. The molecule has 1 aromatic carbocycles. The van der Waals surface area contributed by atoms with Crippen molar-refractivity contribution in [1.82, 2.24) is 10.2 Å². The van der Waals surface area contributed by atoms with Crippen LogP contribution in [0, 0.1) is 12.8 Å². The largest absolute Gasteiger partial charge is 0.382 e. The van der Waals surface area contributed by atoms with Crippen LogP contribution in [0.1, 0.15) is 25.8 Å². The van der Waals surface area contributed by atoms with E-state index >= 15 is 0 Å². The lowest BCUT2D eigenvalue weighted by Crippen LogP contribution is -2.28. The Bertz CT molecular complexity index is 866. The van der Waals surface area contributed by atoms with Gasteiger partial charge in [-0.3, -0.25) is 9.59 Å². The Kier molecular flexibility index (Phi) is 4.65. The van der Waals surface area contributed by atoms with Gasteiger partial charge in [0.25, 0.3) is 11.5 Å². The number of aromatic nitrogens is 2. The molecule has 2 heterocycles. The predicted molar refractivity (Wildman–Crippen MR) is 95.4 cm³/mol. The van der Waals surface area contributed by atoms with Gasteiger partial charge in [0.05, 0.1) is 11.4 Å². The van der Waals surface area contributed by atoms with Gasteiger partial charge < -0.3 is 10.2 Å².